The van der Waals surface area contributed by atoms with Crippen LogP contribution < -0.4 is 14.4 Å². The van der Waals surface area contributed by atoms with E-state index in [1.54, 1.807) is 6.07 Å². The van der Waals surface area contributed by atoms with Crippen LogP contribution in [-0.2, 0) is 9.53 Å². The Morgan fingerprint density at radius 1 is 1.20 bits per heavy atom. The van der Waals surface area contributed by atoms with E-state index in [1.165, 1.54) is 21.3 Å². The number of methoxy groups -OCH3 is 3. The lowest BCUT2D eigenvalue weighted by Gasteiger charge is -2.17. The van der Waals surface area contributed by atoms with Gasteiger partial charge in [0.05, 0.1) is 33.3 Å². The van der Waals surface area contributed by atoms with Crippen molar-refractivity contribution in [1.29, 1.82) is 0 Å². The second-order valence-electron chi connectivity index (χ2n) is 4.76. The average molecular weight is 281 g/mol. The second kappa shape index (κ2) is 5.94. The van der Waals surface area contributed by atoms with Crippen LogP contribution in [0.3, 0.4) is 0 Å². The van der Waals surface area contributed by atoms with Crippen molar-refractivity contribution < 1.29 is 19.0 Å². The third-order valence-electron chi connectivity index (χ3n) is 3.48. The van der Waals surface area contributed by atoms with Crippen LogP contribution in [0, 0.1) is 11.8 Å². The first-order valence-corrected chi connectivity index (χ1v) is 6.38. The molecule has 1 aromatic rings. The van der Waals surface area contributed by atoms with E-state index in [-0.39, 0.29) is 17.8 Å². The van der Waals surface area contributed by atoms with E-state index in [9.17, 15) is 4.79 Å². The summed E-state index contributed by atoms with van der Waals surface area (Å²) in [5.41, 5.74) is 0. The first-order valence-electron chi connectivity index (χ1n) is 6.38. The summed E-state index contributed by atoms with van der Waals surface area (Å²) in [7, 11) is 4.48. The van der Waals surface area contributed by atoms with E-state index in [1.807, 2.05) is 11.8 Å². The molecule has 1 fully saturated rings. The zero-order valence-electron chi connectivity index (χ0n) is 12.1. The minimum absolute atomic E-state index is 0.166. The minimum Gasteiger partial charge on any atom is -0.481 e. The highest BCUT2D eigenvalue weighted by Crippen LogP contribution is 2.29. The van der Waals surface area contributed by atoms with E-state index in [2.05, 4.69) is 9.97 Å². The molecule has 110 valence electrons. The van der Waals surface area contributed by atoms with Gasteiger partial charge in [0.2, 0.25) is 17.7 Å². The average Bonchev–Trinajstić information content (AvgIpc) is 2.87. The van der Waals surface area contributed by atoms with Crippen LogP contribution in [-0.4, -0.2) is 50.4 Å². The lowest BCUT2D eigenvalue weighted by atomic mass is 9.99. The molecule has 2 heterocycles. The molecule has 0 N–H and O–H groups in total. The highest BCUT2D eigenvalue weighted by Gasteiger charge is 2.37. The van der Waals surface area contributed by atoms with Crippen LogP contribution in [0.5, 0.6) is 11.8 Å². The number of nitrogens with zero attached hydrogens (tertiary/aromatic N) is 3. The van der Waals surface area contributed by atoms with Gasteiger partial charge < -0.3 is 19.1 Å². The number of hydrogen-bond donors (Lipinski definition) is 0. The Labute approximate surface area is 117 Å². The van der Waals surface area contributed by atoms with E-state index in [4.69, 9.17) is 14.2 Å². The number of anilines is 1. The number of ether oxygens (including phenoxy) is 3. The smallest absolute Gasteiger partial charge is 0.310 e. The summed E-state index contributed by atoms with van der Waals surface area (Å²) in [5, 5.41) is 0. The van der Waals surface area contributed by atoms with Crippen LogP contribution >= 0.6 is 0 Å². The summed E-state index contributed by atoms with van der Waals surface area (Å²) in [4.78, 5) is 22.2. The number of esters is 1. The monoisotopic (exact) mass is 281 g/mol. The fourth-order valence-corrected chi connectivity index (χ4v) is 2.33. The first-order chi connectivity index (χ1) is 9.58. The van der Waals surface area contributed by atoms with Gasteiger partial charge in [0.25, 0.3) is 0 Å². The third kappa shape index (κ3) is 2.76. The summed E-state index contributed by atoms with van der Waals surface area (Å²) >= 11 is 0. The number of hydrogen-bond acceptors (Lipinski definition) is 7. The summed E-state index contributed by atoms with van der Waals surface area (Å²) < 4.78 is 15.1. The predicted molar refractivity (Wildman–Crippen MR) is 72.0 cm³/mol. The SMILES string of the molecule is COC(=O)C1CN(c2nc(OC)cc(OC)n2)CC1C. The molecule has 7 heteroatoms. The predicted octanol–water partition coefficient (Wildman–Crippen LogP) is 0.739. The van der Waals surface area contributed by atoms with Gasteiger partial charge in [-0.25, -0.2) is 0 Å². The largest absolute Gasteiger partial charge is 0.481 e. The fourth-order valence-electron chi connectivity index (χ4n) is 2.33. The van der Waals surface area contributed by atoms with Crippen LogP contribution in [0.25, 0.3) is 0 Å². The molecule has 2 unspecified atom stereocenters. The maximum absolute atomic E-state index is 11.7. The van der Waals surface area contributed by atoms with Crippen LogP contribution in [0.15, 0.2) is 6.07 Å². The molecule has 20 heavy (non-hydrogen) atoms. The molecule has 1 saturated heterocycles. The van der Waals surface area contributed by atoms with Gasteiger partial charge in [0, 0.05) is 13.1 Å². The second-order valence-corrected chi connectivity index (χ2v) is 4.76. The minimum atomic E-state index is -0.199. The van der Waals surface area contributed by atoms with Gasteiger partial charge in [-0.3, -0.25) is 4.79 Å². The van der Waals surface area contributed by atoms with Gasteiger partial charge >= 0.3 is 5.97 Å². The van der Waals surface area contributed by atoms with Crippen LogP contribution in [0.1, 0.15) is 6.92 Å². The quantitative estimate of drug-likeness (QED) is 0.753. The van der Waals surface area contributed by atoms with Gasteiger partial charge in [-0.1, -0.05) is 6.92 Å². The summed E-state index contributed by atoms with van der Waals surface area (Å²) in [6.07, 6.45) is 0. The molecular formula is C13H19N3O4. The molecule has 2 atom stereocenters. The van der Waals surface area contributed by atoms with Crippen molar-refractivity contribution in [3.8, 4) is 11.8 Å². The van der Waals surface area contributed by atoms with Gasteiger partial charge in [-0.15, -0.1) is 0 Å². The lowest BCUT2D eigenvalue weighted by Crippen LogP contribution is -2.25. The van der Waals surface area contributed by atoms with Crippen molar-refractivity contribution in [2.24, 2.45) is 11.8 Å². The third-order valence-corrected chi connectivity index (χ3v) is 3.48. The highest BCUT2D eigenvalue weighted by molar-refractivity contribution is 5.74. The maximum Gasteiger partial charge on any atom is 0.310 e. The van der Waals surface area contributed by atoms with E-state index in [0.717, 1.165) is 0 Å². The number of carbonyl (C=O) groups is 1. The molecule has 0 radical (unpaired) electrons. The molecule has 1 aromatic heterocycles. The molecule has 0 aromatic carbocycles. The van der Waals surface area contributed by atoms with E-state index in [0.29, 0.717) is 30.8 Å². The van der Waals surface area contributed by atoms with Gasteiger partial charge in [0.1, 0.15) is 0 Å². The van der Waals surface area contributed by atoms with Gasteiger partial charge in [-0.05, 0) is 5.92 Å². The molecule has 0 bridgehead atoms. The van der Waals surface area contributed by atoms with Gasteiger partial charge in [0.15, 0.2) is 0 Å². The zero-order chi connectivity index (χ0) is 14.7. The Bertz CT molecular complexity index is 472. The normalized spacial score (nSPS) is 21.7. The number of aromatic nitrogens is 2. The number of carbonyl (C=O) groups excluding carboxylic acids is 1. The first kappa shape index (κ1) is 14.4. The van der Waals surface area contributed by atoms with Crippen molar-refractivity contribution in [2.75, 3.05) is 39.3 Å². The van der Waals surface area contributed by atoms with E-state index < -0.39 is 0 Å². The van der Waals surface area contributed by atoms with Crippen molar-refractivity contribution >= 4 is 11.9 Å². The number of rotatable bonds is 4. The summed E-state index contributed by atoms with van der Waals surface area (Å²) in [5.74, 6) is 1.18. The Morgan fingerprint density at radius 3 is 2.30 bits per heavy atom. The summed E-state index contributed by atoms with van der Waals surface area (Å²) in [6, 6.07) is 1.61. The molecular weight excluding hydrogens is 262 g/mol. The van der Waals surface area contributed by atoms with Crippen molar-refractivity contribution in [3.63, 3.8) is 0 Å². The molecule has 0 amide bonds. The Hall–Kier alpha value is -2.05. The molecule has 0 spiro atoms. The zero-order valence-corrected chi connectivity index (χ0v) is 12.1. The van der Waals surface area contributed by atoms with Crippen LogP contribution in [0.2, 0.25) is 0 Å². The lowest BCUT2D eigenvalue weighted by molar-refractivity contribution is -0.145. The van der Waals surface area contributed by atoms with E-state index >= 15 is 0 Å². The topological polar surface area (TPSA) is 73.8 Å². The molecule has 1 aliphatic rings. The Balaban J connectivity index is 2.22. The molecule has 2 rings (SSSR count). The van der Waals surface area contributed by atoms with Crippen molar-refractivity contribution in [3.05, 3.63) is 6.07 Å². The van der Waals surface area contributed by atoms with Crippen LogP contribution in [0.4, 0.5) is 5.95 Å². The van der Waals surface area contributed by atoms with Crippen molar-refractivity contribution in [2.45, 2.75) is 6.92 Å². The molecule has 0 saturated carbocycles. The molecule has 7 nitrogen and oxygen atoms in total. The fraction of sp³-hybridized carbons (Fsp3) is 0.615. The molecule has 1 aliphatic heterocycles. The Kier molecular flexibility index (Phi) is 4.26. The molecule has 0 aliphatic carbocycles. The maximum atomic E-state index is 11.7. The summed E-state index contributed by atoms with van der Waals surface area (Å²) in [6.45, 7) is 3.24. The van der Waals surface area contributed by atoms with Crippen molar-refractivity contribution in [1.82, 2.24) is 9.97 Å². The highest BCUT2D eigenvalue weighted by atomic mass is 16.5. The Morgan fingerprint density at radius 2 is 1.80 bits per heavy atom. The van der Waals surface area contributed by atoms with Gasteiger partial charge in [-0.2, -0.15) is 9.97 Å². The standard InChI is InChI=1S/C13H19N3O4/c1-8-6-16(7-9(8)12(17)20-4)13-14-10(18-2)5-11(15-13)19-3/h5,8-9H,6-7H2,1-4H3.